The van der Waals surface area contributed by atoms with E-state index in [1.54, 1.807) is 0 Å². The highest BCUT2D eigenvalue weighted by molar-refractivity contribution is 7.80. The van der Waals surface area contributed by atoms with E-state index in [0.29, 0.717) is 0 Å². The van der Waals surface area contributed by atoms with Gasteiger partial charge < -0.3 is 49.1 Å². The average molecular weight is 521 g/mol. The molecule has 0 spiro atoms. The van der Waals surface area contributed by atoms with Gasteiger partial charge in [-0.3, -0.25) is 29.0 Å². The van der Waals surface area contributed by atoms with E-state index in [4.69, 9.17) is 28.0 Å². The summed E-state index contributed by atoms with van der Waals surface area (Å²) in [5, 5.41) is 24.9. The summed E-state index contributed by atoms with van der Waals surface area (Å²) in [7, 11) is 0. The largest absolute Gasteiger partial charge is 0.481 e. The van der Waals surface area contributed by atoms with E-state index in [9.17, 15) is 33.9 Å². The van der Waals surface area contributed by atoms with Crippen LogP contribution in [0.2, 0.25) is 0 Å². The van der Waals surface area contributed by atoms with Crippen LogP contribution < -0.4 is 38.9 Å². The molecule has 13 N–H and O–H groups in total. The molecule has 16 nitrogen and oxygen atoms in total. The number of hydrogen-bond donors (Lipinski definition) is 10. The second-order valence-corrected chi connectivity index (χ2v) is 7.73. The Kier molecular flexibility index (Phi) is 14.4. The number of guanidine groups is 1. The summed E-state index contributed by atoms with van der Waals surface area (Å²) in [6, 6.07) is -5.49. The third-order valence-corrected chi connectivity index (χ3v) is 4.78. The molecule has 0 saturated carbocycles. The maximum atomic E-state index is 12.7. The summed E-state index contributed by atoms with van der Waals surface area (Å²) in [5.41, 5.74) is 20.9. The number of rotatable bonds is 17. The Morgan fingerprint density at radius 2 is 1.37 bits per heavy atom. The molecule has 0 aromatic rings. The lowest BCUT2D eigenvalue weighted by Crippen LogP contribution is -2.57. The number of primary amides is 1. The Hall–Kier alpha value is -3.60. The van der Waals surface area contributed by atoms with E-state index in [0.717, 1.165) is 0 Å². The molecule has 0 rings (SSSR count). The molecule has 17 heteroatoms. The van der Waals surface area contributed by atoms with Crippen LogP contribution in [-0.2, 0) is 28.8 Å². The van der Waals surface area contributed by atoms with Crippen molar-refractivity contribution in [2.45, 2.75) is 56.3 Å². The molecule has 0 aliphatic carbocycles. The Morgan fingerprint density at radius 3 is 1.86 bits per heavy atom. The van der Waals surface area contributed by atoms with E-state index in [2.05, 4.69) is 33.6 Å². The van der Waals surface area contributed by atoms with Crippen molar-refractivity contribution in [2.75, 3.05) is 12.3 Å². The molecular formula is C18H32N8O8S. The number of aliphatic imine (C=N–C) groups is 1. The minimum Gasteiger partial charge on any atom is -0.481 e. The van der Waals surface area contributed by atoms with E-state index < -0.39 is 66.2 Å². The van der Waals surface area contributed by atoms with E-state index in [-0.39, 0.29) is 43.9 Å². The first-order valence-electron chi connectivity index (χ1n) is 10.3. The molecule has 4 atom stereocenters. The van der Waals surface area contributed by atoms with Gasteiger partial charge in [0.05, 0.1) is 12.5 Å². The Balaban J connectivity index is 5.27. The summed E-state index contributed by atoms with van der Waals surface area (Å²) in [6.45, 7) is 0.139. The molecular weight excluding hydrogens is 488 g/mol. The first-order valence-corrected chi connectivity index (χ1v) is 11.0. The smallest absolute Gasteiger partial charge is 0.326 e. The SMILES string of the molecule is NC(=O)CCC(NC(=O)C(N)CC(=O)O)C(=O)NC(CS)C(=O)NC(CCCN=C(N)N)C(=O)O. The Labute approximate surface area is 206 Å². The second-order valence-electron chi connectivity index (χ2n) is 7.36. The van der Waals surface area contributed by atoms with Gasteiger partial charge in [-0.25, -0.2) is 4.79 Å². The van der Waals surface area contributed by atoms with Gasteiger partial charge in [0, 0.05) is 18.7 Å². The zero-order chi connectivity index (χ0) is 27.1. The molecule has 4 amide bonds. The van der Waals surface area contributed by atoms with Crippen LogP contribution in [0.1, 0.15) is 32.1 Å². The van der Waals surface area contributed by atoms with Gasteiger partial charge in [0.25, 0.3) is 0 Å². The van der Waals surface area contributed by atoms with Crippen molar-refractivity contribution in [3.8, 4) is 0 Å². The topological polar surface area (TPSA) is 295 Å². The van der Waals surface area contributed by atoms with Crippen molar-refractivity contribution in [3.05, 3.63) is 0 Å². The second kappa shape index (κ2) is 16.1. The van der Waals surface area contributed by atoms with Gasteiger partial charge in [0.15, 0.2) is 5.96 Å². The highest BCUT2D eigenvalue weighted by Gasteiger charge is 2.30. The van der Waals surface area contributed by atoms with Crippen LogP contribution in [0.25, 0.3) is 0 Å². The van der Waals surface area contributed by atoms with E-state index in [1.807, 2.05) is 0 Å². The monoisotopic (exact) mass is 520 g/mol. The van der Waals surface area contributed by atoms with E-state index in [1.165, 1.54) is 0 Å². The molecule has 0 saturated heterocycles. The van der Waals surface area contributed by atoms with Crippen molar-refractivity contribution >= 4 is 54.2 Å². The molecule has 0 aromatic carbocycles. The molecule has 4 unspecified atom stereocenters. The lowest BCUT2D eigenvalue weighted by Gasteiger charge is -2.24. The predicted molar refractivity (Wildman–Crippen MR) is 126 cm³/mol. The van der Waals surface area contributed by atoms with Gasteiger partial charge in [0.2, 0.25) is 23.6 Å². The standard InChI is InChI=1S/C18H32N8O8S/c19-8(6-13(28)29)14(30)24-9(3-4-12(20)27)15(31)26-11(7-35)16(32)25-10(17(33)34)2-1-5-23-18(21)22/h8-11,35H,1-7,19H2,(H2,20,27)(H,24,30)(H,25,32)(H,26,31)(H,28,29)(H,33,34)(H4,21,22,23). The molecule has 35 heavy (non-hydrogen) atoms. The summed E-state index contributed by atoms with van der Waals surface area (Å²) < 4.78 is 0. The van der Waals surface area contributed by atoms with Gasteiger partial charge in [-0.2, -0.15) is 12.6 Å². The Morgan fingerprint density at radius 1 is 0.829 bits per heavy atom. The number of carboxylic acids is 2. The van der Waals surface area contributed by atoms with Crippen LogP contribution in [0.15, 0.2) is 4.99 Å². The summed E-state index contributed by atoms with van der Waals surface area (Å²) in [5.74, 6) is -6.62. The van der Waals surface area contributed by atoms with Gasteiger partial charge in [0.1, 0.15) is 18.1 Å². The molecule has 0 aliphatic heterocycles. The average Bonchev–Trinajstić information content (AvgIpc) is 2.75. The van der Waals surface area contributed by atoms with Crippen molar-refractivity contribution in [1.82, 2.24) is 16.0 Å². The fraction of sp³-hybridized carbons (Fsp3) is 0.611. The van der Waals surface area contributed by atoms with Gasteiger partial charge in [-0.05, 0) is 19.3 Å². The van der Waals surface area contributed by atoms with Crippen LogP contribution in [0.5, 0.6) is 0 Å². The maximum absolute atomic E-state index is 12.7. The third kappa shape index (κ3) is 13.6. The normalized spacial score (nSPS) is 13.9. The van der Waals surface area contributed by atoms with Crippen molar-refractivity contribution in [3.63, 3.8) is 0 Å². The number of carbonyl (C=O) groups excluding carboxylic acids is 4. The fourth-order valence-corrected chi connectivity index (χ4v) is 2.87. The number of carboxylic acid groups (broad SMARTS) is 2. The molecule has 0 aliphatic rings. The molecule has 0 radical (unpaired) electrons. The zero-order valence-corrected chi connectivity index (χ0v) is 19.7. The zero-order valence-electron chi connectivity index (χ0n) is 18.8. The van der Waals surface area contributed by atoms with Crippen LogP contribution in [0.4, 0.5) is 0 Å². The minimum atomic E-state index is -1.48. The number of carbonyl (C=O) groups is 6. The van der Waals surface area contributed by atoms with Crippen molar-refractivity contribution in [2.24, 2.45) is 27.9 Å². The molecule has 0 bridgehead atoms. The molecule has 0 heterocycles. The maximum Gasteiger partial charge on any atom is 0.326 e. The number of amides is 4. The minimum absolute atomic E-state index is 0.0101. The summed E-state index contributed by atoms with van der Waals surface area (Å²) >= 11 is 3.99. The highest BCUT2D eigenvalue weighted by Crippen LogP contribution is 2.03. The lowest BCUT2D eigenvalue weighted by molar-refractivity contribution is -0.142. The summed E-state index contributed by atoms with van der Waals surface area (Å²) in [6.07, 6.45) is -1.07. The molecule has 198 valence electrons. The van der Waals surface area contributed by atoms with Crippen LogP contribution in [0, 0.1) is 0 Å². The number of hydrogen-bond acceptors (Lipinski definition) is 9. The molecule has 0 aromatic heterocycles. The van der Waals surface area contributed by atoms with Crippen molar-refractivity contribution < 1.29 is 39.0 Å². The first kappa shape index (κ1) is 31.4. The Bertz CT molecular complexity index is 820. The number of nitrogens with zero attached hydrogens (tertiary/aromatic N) is 1. The van der Waals surface area contributed by atoms with E-state index >= 15 is 0 Å². The number of nitrogens with one attached hydrogen (secondary N) is 3. The third-order valence-electron chi connectivity index (χ3n) is 4.42. The number of nitrogens with two attached hydrogens (primary N) is 4. The fourth-order valence-electron chi connectivity index (χ4n) is 2.61. The first-order chi connectivity index (χ1) is 16.3. The predicted octanol–water partition coefficient (Wildman–Crippen LogP) is -4.42. The molecule has 0 fully saturated rings. The highest BCUT2D eigenvalue weighted by atomic mass is 32.1. The number of thiol groups is 1. The van der Waals surface area contributed by atoms with Crippen LogP contribution >= 0.6 is 12.6 Å². The summed E-state index contributed by atoms with van der Waals surface area (Å²) in [4.78, 5) is 74.4. The van der Waals surface area contributed by atoms with Gasteiger partial charge >= 0.3 is 11.9 Å². The van der Waals surface area contributed by atoms with Gasteiger partial charge in [-0.15, -0.1) is 0 Å². The van der Waals surface area contributed by atoms with Gasteiger partial charge in [-0.1, -0.05) is 0 Å². The van der Waals surface area contributed by atoms with Crippen molar-refractivity contribution in [1.29, 1.82) is 0 Å². The van der Waals surface area contributed by atoms with Crippen LogP contribution in [0.3, 0.4) is 0 Å². The van der Waals surface area contributed by atoms with Crippen LogP contribution in [-0.4, -0.2) is 88.2 Å². The lowest BCUT2D eigenvalue weighted by atomic mass is 10.1. The quantitative estimate of drug-likeness (QED) is 0.0377. The number of aliphatic carboxylic acids is 2.